The van der Waals surface area contributed by atoms with Crippen LogP contribution in [0.4, 0.5) is 4.79 Å². The lowest BCUT2D eigenvalue weighted by molar-refractivity contribution is -0.137. The molecule has 0 spiro atoms. The molecule has 0 bridgehead atoms. The van der Waals surface area contributed by atoms with E-state index in [-0.39, 0.29) is 18.6 Å². The van der Waals surface area contributed by atoms with Gasteiger partial charge in [-0.1, -0.05) is 0 Å². The van der Waals surface area contributed by atoms with Crippen molar-refractivity contribution < 1.29 is 19.1 Å². The van der Waals surface area contributed by atoms with Gasteiger partial charge in [0, 0.05) is 13.1 Å². The van der Waals surface area contributed by atoms with Crippen LogP contribution < -0.4 is 0 Å². The molecule has 2 rings (SSSR count). The molecule has 98 valence electrons. The van der Waals surface area contributed by atoms with Crippen LogP contribution >= 0.6 is 0 Å². The molecule has 1 saturated carbocycles. The summed E-state index contributed by atoms with van der Waals surface area (Å²) in [7, 11) is 1.64. The van der Waals surface area contributed by atoms with Crippen LogP contribution in [0, 0.1) is 0 Å². The fourth-order valence-electron chi connectivity index (χ4n) is 1.81. The van der Waals surface area contributed by atoms with Crippen molar-refractivity contribution >= 4 is 12.0 Å². The van der Waals surface area contributed by atoms with Crippen LogP contribution in [0.15, 0.2) is 22.8 Å². The number of carboxylic acid groups (broad SMARTS) is 1. The lowest BCUT2D eigenvalue weighted by atomic mass is 10.4. The van der Waals surface area contributed by atoms with E-state index in [4.69, 9.17) is 9.52 Å². The molecule has 6 nitrogen and oxygen atoms in total. The maximum absolute atomic E-state index is 12.1. The van der Waals surface area contributed by atoms with Crippen LogP contribution in [0.5, 0.6) is 0 Å². The lowest BCUT2D eigenvalue weighted by Crippen LogP contribution is -2.44. The van der Waals surface area contributed by atoms with E-state index in [1.807, 2.05) is 0 Å². The molecule has 18 heavy (non-hydrogen) atoms. The number of rotatable bonds is 5. The summed E-state index contributed by atoms with van der Waals surface area (Å²) in [4.78, 5) is 25.8. The fraction of sp³-hybridized carbons (Fsp3) is 0.500. The number of urea groups is 1. The third-order valence-corrected chi connectivity index (χ3v) is 2.84. The highest BCUT2D eigenvalue weighted by Gasteiger charge is 2.35. The lowest BCUT2D eigenvalue weighted by Gasteiger charge is -2.26. The van der Waals surface area contributed by atoms with Crippen molar-refractivity contribution in [2.75, 3.05) is 13.6 Å². The Balaban J connectivity index is 1.96. The third-order valence-electron chi connectivity index (χ3n) is 2.84. The SMILES string of the molecule is CN(Cc1ccco1)C(=O)N(CC(=O)O)C1CC1. The van der Waals surface area contributed by atoms with E-state index in [0.29, 0.717) is 12.3 Å². The first-order valence-electron chi connectivity index (χ1n) is 5.84. The molecule has 1 heterocycles. The highest BCUT2D eigenvalue weighted by Crippen LogP contribution is 2.27. The van der Waals surface area contributed by atoms with E-state index in [9.17, 15) is 9.59 Å². The van der Waals surface area contributed by atoms with Crippen molar-refractivity contribution in [2.24, 2.45) is 0 Å². The summed E-state index contributed by atoms with van der Waals surface area (Å²) < 4.78 is 5.16. The van der Waals surface area contributed by atoms with Crippen LogP contribution in [0.1, 0.15) is 18.6 Å². The summed E-state index contributed by atoms with van der Waals surface area (Å²) in [6, 6.07) is 3.34. The molecule has 1 aliphatic rings. The van der Waals surface area contributed by atoms with Gasteiger partial charge < -0.3 is 19.3 Å². The van der Waals surface area contributed by atoms with E-state index in [0.717, 1.165) is 12.8 Å². The first kappa shape index (κ1) is 12.5. The molecule has 0 aromatic carbocycles. The van der Waals surface area contributed by atoms with Crippen LogP contribution in [0.25, 0.3) is 0 Å². The molecule has 0 saturated heterocycles. The van der Waals surface area contributed by atoms with Crippen molar-refractivity contribution in [3.63, 3.8) is 0 Å². The summed E-state index contributed by atoms with van der Waals surface area (Å²) >= 11 is 0. The molecule has 1 fully saturated rings. The number of furan rings is 1. The van der Waals surface area contributed by atoms with Crippen LogP contribution in [0.2, 0.25) is 0 Å². The van der Waals surface area contributed by atoms with Gasteiger partial charge in [-0.05, 0) is 25.0 Å². The largest absolute Gasteiger partial charge is 0.480 e. The zero-order valence-corrected chi connectivity index (χ0v) is 10.2. The molecule has 1 aromatic heterocycles. The van der Waals surface area contributed by atoms with Crippen LogP contribution in [0.3, 0.4) is 0 Å². The van der Waals surface area contributed by atoms with E-state index in [1.165, 1.54) is 9.80 Å². The Bertz CT molecular complexity index is 425. The van der Waals surface area contributed by atoms with Gasteiger partial charge in [-0.2, -0.15) is 0 Å². The quantitative estimate of drug-likeness (QED) is 0.859. The van der Waals surface area contributed by atoms with E-state index < -0.39 is 5.97 Å². The van der Waals surface area contributed by atoms with Crippen molar-refractivity contribution in [3.8, 4) is 0 Å². The number of carbonyl (C=O) groups excluding carboxylic acids is 1. The van der Waals surface area contributed by atoms with E-state index in [2.05, 4.69) is 0 Å². The highest BCUT2D eigenvalue weighted by molar-refractivity contribution is 5.80. The molecule has 1 N–H and O–H groups in total. The second kappa shape index (κ2) is 5.12. The molecular formula is C12H16N2O4. The first-order valence-corrected chi connectivity index (χ1v) is 5.84. The molecule has 0 aliphatic heterocycles. The molecule has 0 radical (unpaired) electrons. The maximum Gasteiger partial charge on any atom is 0.323 e. The maximum atomic E-state index is 12.1. The summed E-state index contributed by atoms with van der Waals surface area (Å²) in [5.41, 5.74) is 0. The molecule has 2 amide bonds. The number of nitrogens with zero attached hydrogens (tertiary/aromatic N) is 2. The van der Waals surface area contributed by atoms with Crippen LogP contribution in [-0.4, -0.2) is 46.5 Å². The van der Waals surface area contributed by atoms with Gasteiger partial charge in [-0.25, -0.2) is 4.79 Å². The second-order valence-corrected chi connectivity index (χ2v) is 4.47. The van der Waals surface area contributed by atoms with Gasteiger partial charge in [0.05, 0.1) is 12.8 Å². The Kier molecular flexibility index (Phi) is 3.55. The average molecular weight is 252 g/mol. The molecule has 1 aromatic rings. The standard InChI is InChI=1S/C12H16N2O4/c1-13(7-10-3-2-6-18-10)12(17)14(8-11(15)16)9-4-5-9/h2-3,6,9H,4-5,7-8H2,1H3,(H,15,16). The topological polar surface area (TPSA) is 74.0 Å². The van der Waals surface area contributed by atoms with Crippen molar-refractivity contribution in [3.05, 3.63) is 24.2 Å². The monoisotopic (exact) mass is 252 g/mol. The van der Waals surface area contributed by atoms with Crippen molar-refractivity contribution in [1.82, 2.24) is 9.80 Å². The molecule has 0 unspecified atom stereocenters. The number of carboxylic acids is 1. The third kappa shape index (κ3) is 3.03. The number of carbonyl (C=O) groups is 2. The van der Waals surface area contributed by atoms with Gasteiger partial charge in [-0.15, -0.1) is 0 Å². The van der Waals surface area contributed by atoms with Gasteiger partial charge in [0.15, 0.2) is 0 Å². The number of hydrogen-bond acceptors (Lipinski definition) is 3. The van der Waals surface area contributed by atoms with E-state index in [1.54, 1.807) is 25.4 Å². The zero-order valence-electron chi connectivity index (χ0n) is 10.2. The van der Waals surface area contributed by atoms with Gasteiger partial charge in [-0.3, -0.25) is 4.79 Å². The molecule has 0 atom stereocenters. The average Bonchev–Trinajstić information content (AvgIpc) is 3.04. The molecule has 6 heteroatoms. The van der Waals surface area contributed by atoms with Crippen molar-refractivity contribution in [1.29, 1.82) is 0 Å². The summed E-state index contributed by atoms with van der Waals surface area (Å²) in [5.74, 6) is -0.307. The predicted octanol–water partition coefficient (Wildman–Crippen LogP) is 1.38. The summed E-state index contributed by atoms with van der Waals surface area (Å²) in [6.07, 6.45) is 3.31. The predicted molar refractivity (Wildman–Crippen MR) is 62.9 cm³/mol. The Morgan fingerprint density at radius 1 is 1.50 bits per heavy atom. The minimum absolute atomic E-state index is 0.0765. The Morgan fingerprint density at radius 3 is 2.72 bits per heavy atom. The number of amides is 2. The smallest absolute Gasteiger partial charge is 0.323 e. The van der Waals surface area contributed by atoms with Gasteiger partial charge in [0.2, 0.25) is 0 Å². The first-order chi connectivity index (χ1) is 8.58. The number of aliphatic carboxylic acids is 1. The number of hydrogen-bond donors (Lipinski definition) is 1. The van der Waals surface area contributed by atoms with Crippen LogP contribution in [-0.2, 0) is 11.3 Å². The van der Waals surface area contributed by atoms with Gasteiger partial charge >= 0.3 is 12.0 Å². The Hall–Kier alpha value is -1.98. The van der Waals surface area contributed by atoms with E-state index >= 15 is 0 Å². The zero-order chi connectivity index (χ0) is 13.1. The molecular weight excluding hydrogens is 236 g/mol. The second-order valence-electron chi connectivity index (χ2n) is 4.47. The van der Waals surface area contributed by atoms with Gasteiger partial charge in [0.1, 0.15) is 12.3 Å². The fourth-order valence-corrected chi connectivity index (χ4v) is 1.81. The summed E-state index contributed by atoms with van der Waals surface area (Å²) in [5, 5.41) is 8.82. The Labute approximate surface area is 105 Å². The molecule has 1 aliphatic carbocycles. The highest BCUT2D eigenvalue weighted by atomic mass is 16.4. The summed E-state index contributed by atoms with van der Waals surface area (Å²) in [6.45, 7) is 0.0979. The van der Waals surface area contributed by atoms with Crippen molar-refractivity contribution in [2.45, 2.75) is 25.4 Å². The van der Waals surface area contributed by atoms with Gasteiger partial charge in [0.25, 0.3) is 0 Å². The minimum Gasteiger partial charge on any atom is -0.480 e. The Morgan fingerprint density at radius 2 is 2.22 bits per heavy atom. The minimum atomic E-state index is -0.985. The normalized spacial score (nSPS) is 14.3.